The van der Waals surface area contributed by atoms with Crippen molar-refractivity contribution in [3.05, 3.63) is 76.6 Å². The Bertz CT molecular complexity index is 916. The van der Waals surface area contributed by atoms with Gasteiger partial charge in [0.25, 0.3) is 5.91 Å². The Morgan fingerprint density at radius 1 is 1.08 bits per heavy atom. The second-order valence-electron chi connectivity index (χ2n) is 5.78. The summed E-state index contributed by atoms with van der Waals surface area (Å²) in [7, 11) is 0. The highest BCUT2D eigenvalue weighted by molar-refractivity contribution is 5.91. The van der Waals surface area contributed by atoms with Crippen LogP contribution in [0.5, 0.6) is 0 Å². The van der Waals surface area contributed by atoms with Crippen LogP contribution in [0, 0.1) is 25.5 Å². The van der Waals surface area contributed by atoms with E-state index < -0.39 is 17.5 Å². The number of hydrogen-bond donors (Lipinski definition) is 1. The van der Waals surface area contributed by atoms with E-state index in [2.05, 4.69) is 15.6 Å². The van der Waals surface area contributed by atoms with E-state index in [-0.39, 0.29) is 12.2 Å². The van der Waals surface area contributed by atoms with E-state index in [4.69, 9.17) is 0 Å². The van der Waals surface area contributed by atoms with Gasteiger partial charge < -0.3 is 5.32 Å². The van der Waals surface area contributed by atoms with Crippen molar-refractivity contribution < 1.29 is 13.6 Å². The zero-order valence-electron chi connectivity index (χ0n) is 13.8. The molecule has 7 heteroatoms. The van der Waals surface area contributed by atoms with Gasteiger partial charge in [-0.1, -0.05) is 11.3 Å². The lowest BCUT2D eigenvalue weighted by atomic mass is 10.1. The minimum absolute atomic E-state index is 0.00991. The largest absolute Gasteiger partial charge is 0.347 e. The van der Waals surface area contributed by atoms with E-state index in [0.29, 0.717) is 5.56 Å². The van der Waals surface area contributed by atoms with Crippen LogP contribution in [-0.2, 0) is 6.54 Å². The average molecular weight is 342 g/mol. The van der Waals surface area contributed by atoms with Gasteiger partial charge in [-0.2, -0.15) is 0 Å². The van der Waals surface area contributed by atoms with Gasteiger partial charge in [0, 0.05) is 12.6 Å². The van der Waals surface area contributed by atoms with Gasteiger partial charge in [0.1, 0.15) is 11.6 Å². The molecule has 0 saturated carbocycles. The molecular weight excluding hydrogens is 326 g/mol. The van der Waals surface area contributed by atoms with Gasteiger partial charge in [0.15, 0.2) is 5.69 Å². The van der Waals surface area contributed by atoms with Crippen LogP contribution in [0.15, 0.2) is 42.6 Å². The van der Waals surface area contributed by atoms with Crippen LogP contribution in [-0.4, -0.2) is 20.9 Å². The number of hydrogen-bond acceptors (Lipinski definition) is 3. The molecular formula is C18H16F2N4O. The van der Waals surface area contributed by atoms with Crippen molar-refractivity contribution in [3.63, 3.8) is 0 Å². The zero-order chi connectivity index (χ0) is 18.0. The maximum absolute atomic E-state index is 13.1. The van der Waals surface area contributed by atoms with Crippen molar-refractivity contribution >= 4 is 5.91 Å². The molecule has 0 bridgehead atoms. The molecule has 1 heterocycles. The number of carbonyl (C=O) groups excluding carboxylic acids is 1. The summed E-state index contributed by atoms with van der Waals surface area (Å²) in [5.74, 6) is -1.85. The normalized spacial score (nSPS) is 10.7. The summed E-state index contributed by atoms with van der Waals surface area (Å²) in [6, 6.07) is 8.89. The highest BCUT2D eigenvalue weighted by Gasteiger charge is 2.12. The maximum Gasteiger partial charge on any atom is 0.273 e. The Balaban J connectivity index is 1.71. The van der Waals surface area contributed by atoms with Crippen molar-refractivity contribution in [2.24, 2.45) is 0 Å². The first-order valence-corrected chi connectivity index (χ1v) is 7.65. The summed E-state index contributed by atoms with van der Waals surface area (Å²) >= 11 is 0. The van der Waals surface area contributed by atoms with Gasteiger partial charge >= 0.3 is 0 Å². The van der Waals surface area contributed by atoms with Gasteiger partial charge in [0.2, 0.25) is 0 Å². The first kappa shape index (κ1) is 16.8. The van der Waals surface area contributed by atoms with Crippen LogP contribution >= 0.6 is 0 Å². The predicted molar refractivity (Wildman–Crippen MR) is 88.4 cm³/mol. The van der Waals surface area contributed by atoms with E-state index in [0.717, 1.165) is 35.0 Å². The fourth-order valence-electron chi connectivity index (χ4n) is 2.35. The number of nitrogens with zero attached hydrogens (tertiary/aromatic N) is 3. The molecule has 0 aliphatic heterocycles. The Labute approximate surface area is 143 Å². The zero-order valence-corrected chi connectivity index (χ0v) is 13.8. The third-order valence-corrected chi connectivity index (χ3v) is 3.86. The standard InChI is InChI=1S/C18H16F2N4O/c1-11-3-4-16(5-12(11)2)24-10-17(22-23-24)18(25)21-9-13-6-14(19)8-15(20)7-13/h3-8,10H,9H2,1-2H3,(H,21,25). The number of amides is 1. The van der Waals surface area contributed by atoms with Crippen LogP contribution in [0.1, 0.15) is 27.2 Å². The van der Waals surface area contributed by atoms with E-state index in [9.17, 15) is 13.6 Å². The van der Waals surface area contributed by atoms with Crippen molar-refractivity contribution in [2.75, 3.05) is 0 Å². The highest BCUT2D eigenvalue weighted by Crippen LogP contribution is 2.13. The van der Waals surface area contributed by atoms with Crippen LogP contribution in [0.25, 0.3) is 5.69 Å². The number of halogens is 2. The molecule has 0 saturated heterocycles. The predicted octanol–water partition coefficient (Wildman–Crippen LogP) is 3.09. The van der Waals surface area contributed by atoms with Gasteiger partial charge in [-0.25, -0.2) is 13.5 Å². The SMILES string of the molecule is Cc1ccc(-n2cc(C(=O)NCc3cc(F)cc(F)c3)nn2)cc1C. The molecule has 0 aliphatic rings. The molecule has 128 valence electrons. The summed E-state index contributed by atoms with van der Waals surface area (Å²) < 4.78 is 27.8. The van der Waals surface area contributed by atoms with E-state index >= 15 is 0 Å². The van der Waals surface area contributed by atoms with Crippen LogP contribution in [0.2, 0.25) is 0 Å². The van der Waals surface area contributed by atoms with Gasteiger partial charge in [-0.15, -0.1) is 5.10 Å². The Morgan fingerprint density at radius 3 is 2.48 bits per heavy atom. The monoisotopic (exact) mass is 342 g/mol. The molecule has 1 amide bonds. The summed E-state index contributed by atoms with van der Waals surface area (Å²) in [6.07, 6.45) is 1.51. The van der Waals surface area contributed by atoms with E-state index in [1.54, 1.807) is 0 Å². The number of benzene rings is 2. The molecule has 25 heavy (non-hydrogen) atoms. The molecule has 0 aliphatic carbocycles. The molecule has 0 spiro atoms. The van der Waals surface area contributed by atoms with Crippen molar-refractivity contribution in [1.82, 2.24) is 20.3 Å². The summed E-state index contributed by atoms with van der Waals surface area (Å²) in [5.41, 5.74) is 3.50. The lowest BCUT2D eigenvalue weighted by molar-refractivity contribution is 0.0945. The van der Waals surface area contributed by atoms with Crippen molar-refractivity contribution in [1.29, 1.82) is 0 Å². The van der Waals surface area contributed by atoms with Gasteiger partial charge in [-0.05, 0) is 54.8 Å². The number of rotatable bonds is 4. The first-order valence-electron chi connectivity index (χ1n) is 7.65. The van der Waals surface area contributed by atoms with Gasteiger partial charge in [0.05, 0.1) is 11.9 Å². The minimum Gasteiger partial charge on any atom is -0.347 e. The molecule has 0 unspecified atom stereocenters. The number of aromatic nitrogens is 3. The first-order chi connectivity index (χ1) is 11.9. The molecule has 3 aromatic rings. The fraction of sp³-hybridized carbons (Fsp3) is 0.167. The van der Waals surface area contributed by atoms with Crippen molar-refractivity contribution in [3.8, 4) is 5.69 Å². The van der Waals surface area contributed by atoms with Crippen LogP contribution in [0.4, 0.5) is 8.78 Å². The second-order valence-corrected chi connectivity index (χ2v) is 5.78. The number of aryl methyl sites for hydroxylation is 2. The molecule has 3 rings (SSSR count). The molecule has 0 radical (unpaired) electrons. The molecule has 0 fully saturated rings. The summed E-state index contributed by atoms with van der Waals surface area (Å²) in [6.45, 7) is 3.99. The third kappa shape index (κ3) is 3.88. The molecule has 2 aromatic carbocycles. The lowest BCUT2D eigenvalue weighted by Gasteiger charge is -2.04. The van der Waals surface area contributed by atoms with Crippen LogP contribution in [0.3, 0.4) is 0 Å². The summed E-state index contributed by atoms with van der Waals surface area (Å²) in [4.78, 5) is 12.1. The summed E-state index contributed by atoms with van der Waals surface area (Å²) in [5, 5.41) is 10.4. The van der Waals surface area contributed by atoms with Crippen LogP contribution < -0.4 is 5.32 Å². The highest BCUT2D eigenvalue weighted by atomic mass is 19.1. The molecule has 1 N–H and O–H groups in total. The third-order valence-electron chi connectivity index (χ3n) is 3.86. The van der Waals surface area contributed by atoms with Crippen molar-refractivity contribution in [2.45, 2.75) is 20.4 Å². The Kier molecular flexibility index (Phi) is 4.56. The average Bonchev–Trinajstić information content (AvgIpc) is 3.04. The smallest absolute Gasteiger partial charge is 0.273 e. The maximum atomic E-state index is 13.1. The molecule has 0 atom stereocenters. The number of carbonyl (C=O) groups is 1. The van der Waals surface area contributed by atoms with E-state index in [1.807, 2.05) is 32.0 Å². The lowest BCUT2D eigenvalue weighted by Crippen LogP contribution is -2.23. The fourth-order valence-corrected chi connectivity index (χ4v) is 2.35. The number of nitrogens with one attached hydrogen (secondary N) is 1. The second kappa shape index (κ2) is 6.80. The van der Waals surface area contributed by atoms with Gasteiger partial charge in [-0.3, -0.25) is 4.79 Å². The van der Waals surface area contributed by atoms with E-state index in [1.165, 1.54) is 10.9 Å². The quantitative estimate of drug-likeness (QED) is 0.793. The molecule has 1 aromatic heterocycles. The Hall–Kier alpha value is -3.09. The topological polar surface area (TPSA) is 59.8 Å². The minimum atomic E-state index is -0.690. The Morgan fingerprint density at radius 2 is 1.80 bits per heavy atom. The molecule has 5 nitrogen and oxygen atoms in total.